The number of ether oxygens (including phenoxy) is 1. The first-order chi connectivity index (χ1) is 7.26. The van der Waals surface area contributed by atoms with Crippen LogP contribution in [-0.4, -0.2) is 18.6 Å². The molecule has 2 N–H and O–H groups in total. The molecule has 1 rings (SSSR count). The molecule has 1 aliphatic carbocycles. The zero-order valence-corrected chi connectivity index (χ0v) is 9.71. The first-order valence-electron chi connectivity index (χ1n) is 6.15. The van der Waals surface area contributed by atoms with Crippen LogP contribution in [0, 0.1) is 5.92 Å². The van der Waals surface area contributed by atoms with Crippen LogP contribution in [0.25, 0.3) is 0 Å². The van der Waals surface area contributed by atoms with E-state index in [1.54, 1.807) is 0 Å². The van der Waals surface area contributed by atoms with Gasteiger partial charge in [0.1, 0.15) is 6.10 Å². The fourth-order valence-corrected chi connectivity index (χ4v) is 2.13. The van der Waals surface area contributed by atoms with Crippen molar-refractivity contribution in [3.8, 4) is 0 Å². The van der Waals surface area contributed by atoms with Gasteiger partial charge in [-0.1, -0.05) is 13.3 Å². The lowest BCUT2D eigenvalue weighted by atomic mass is 9.87. The first-order valence-corrected chi connectivity index (χ1v) is 6.15. The fourth-order valence-electron chi connectivity index (χ4n) is 2.13. The summed E-state index contributed by atoms with van der Waals surface area (Å²) < 4.78 is 5.43. The van der Waals surface area contributed by atoms with Gasteiger partial charge in [-0.05, 0) is 44.6 Å². The van der Waals surface area contributed by atoms with Crippen LogP contribution in [0.5, 0.6) is 0 Å². The Morgan fingerprint density at radius 2 is 2.27 bits per heavy atom. The SMILES string of the molecule is CCCCC(=O)OC1CCCC(CN)C1. The molecule has 1 saturated carbocycles. The monoisotopic (exact) mass is 213 g/mol. The zero-order chi connectivity index (χ0) is 11.1. The molecule has 3 heteroatoms. The highest BCUT2D eigenvalue weighted by atomic mass is 16.5. The molecule has 0 saturated heterocycles. The van der Waals surface area contributed by atoms with E-state index in [0.717, 1.165) is 38.6 Å². The van der Waals surface area contributed by atoms with Crippen LogP contribution in [0.15, 0.2) is 0 Å². The van der Waals surface area contributed by atoms with E-state index in [9.17, 15) is 4.79 Å². The molecule has 0 spiro atoms. The predicted octanol–water partition coefficient (Wildman–Crippen LogP) is 2.24. The van der Waals surface area contributed by atoms with Crippen LogP contribution < -0.4 is 5.73 Å². The van der Waals surface area contributed by atoms with Crippen molar-refractivity contribution >= 4 is 5.97 Å². The summed E-state index contributed by atoms with van der Waals surface area (Å²) in [4.78, 5) is 11.4. The number of carbonyl (C=O) groups is 1. The molecule has 0 heterocycles. The number of nitrogens with two attached hydrogens (primary N) is 1. The molecule has 2 atom stereocenters. The molecule has 1 fully saturated rings. The minimum atomic E-state index is -0.0282. The fraction of sp³-hybridized carbons (Fsp3) is 0.917. The predicted molar refractivity (Wildman–Crippen MR) is 60.4 cm³/mol. The van der Waals surface area contributed by atoms with Crippen molar-refractivity contribution in [1.29, 1.82) is 0 Å². The molecule has 15 heavy (non-hydrogen) atoms. The molecule has 0 bridgehead atoms. The average Bonchev–Trinajstić information content (AvgIpc) is 2.26. The highest BCUT2D eigenvalue weighted by molar-refractivity contribution is 5.69. The number of esters is 1. The first kappa shape index (κ1) is 12.5. The minimum Gasteiger partial charge on any atom is -0.462 e. The maximum absolute atomic E-state index is 11.4. The van der Waals surface area contributed by atoms with E-state index in [1.807, 2.05) is 0 Å². The quantitative estimate of drug-likeness (QED) is 0.712. The second-order valence-corrected chi connectivity index (χ2v) is 4.48. The van der Waals surface area contributed by atoms with Gasteiger partial charge >= 0.3 is 5.97 Å². The van der Waals surface area contributed by atoms with Gasteiger partial charge in [-0.25, -0.2) is 0 Å². The Bertz CT molecular complexity index is 194. The molecule has 2 unspecified atom stereocenters. The van der Waals surface area contributed by atoms with Crippen LogP contribution in [-0.2, 0) is 9.53 Å². The lowest BCUT2D eigenvalue weighted by molar-refractivity contribution is -0.151. The maximum Gasteiger partial charge on any atom is 0.306 e. The molecule has 3 nitrogen and oxygen atoms in total. The van der Waals surface area contributed by atoms with E-state index in [0.29, 0.717) is 12.3 Å². The summed E-state index contributed by atoms with van der Waals surface area (Å²) in [5, 5.41) is 0. The summed E-state index contributed by atoms with van der Waals surface area (Å²) in [6.45, 7) is 2.81. The Hall–Kier alpha value is -0.570. The summed E-state index contributed by atoms with van der Waals surface area (Å²) in [6.07, 6.45) is 7.02. The van der Waals surface area contributed by atoms with Crippen molar-refractivity contribution in [2.75, 3.05) is 6.54 Å². The number of rotatable bonds is 5. The van der Waals surface area contributed by atoms with Crippen molar-refractivity contribution in [3.05, 3.63) is 0 Å². The summed E-state index contributed by atoms with van der Waals surface area (Å²) >= 11 is 0. The summed E-state index contributed by atoms with van der Waals surface area (Å²) in [5.74, 6) is 0.530. The Morgan fingerprint density at radius 1 is 1.47 bits per heavy atom. The minimum absolute atomic E-state index is 0.0282. The molecule has 88 valence electrons. The van der Waals surface area contributed by atoms with Crippen LogP contribution >= 0.6 is 0 Å². The lowest BCUT2D eigenvalue weighted by Gasteiger charge is -2.28. The number of carbonyl (C=O) groups excluding carboxylic acids is 1. The number of unbranched alkanes of at least 4 members (excludes halogenated alkanes) is 1. The second-order valence-electron chi connectivity index (χ2n) is 4.48. The van der Waals surface area contributed by atoms with Crippen molar-refractivity contribution < 1.29 is 9.53 Å². The van der Waals surface area contributed by atoms with Crippen LogP contribution in [0.2, 0.25) is 0 Å². The molecule has 0 amide bonds. The molecule has 0 aromatic rings. The van der Waals surface area contributed by atoms with Gasteiger partial charge in [0.2, 0.25) is 0 Å². The number of hydrogen-bond acceptors (Lipinski definition) is 3. The summed E-state index contributed by atoms with van der Waals surface area (Å²) in [7, 11) is 0. The Kier molecular flexibility index (Phi) is 5.69. The van der Waals surface area contributed by atoms with E-state index in [-0.39, 0.29) is 12.1 Å². The summed E-state index contributed by atoms with van der Waals surface area (Å²) in [6, 6.07) is 0. The Labute approximate surface area is 92.4 Å². The van der Waals surface area contributed by atoms with Gasteiger partial charge in [-0.3, -0.25) is 4.79 Å². The normalized spacial score (nSPS) is 26.3. The van der Waals surface area contributed by atoms with Crippen molar-refractivity contribution in [2.45, 2.75) is 58.0 Å². The van der Waals surface area contributed by atoms with Crippen molar-refractivity contribution in [3.63, 3.8) is 0 Å². The van der Waals surface area contributed by atoms with E-state index in [4.69, 9.17) is 10.5 Å². The molecular weight excluding hydrogens is 190 g/mol. The molecule has 0 aromatic carbocycles. The third-order valence-corrected chi connectivity index (χ3v) is 3.10. The van der Waals surface area contributed by atoms with Crippen molar-refractivity contribution in [2.24, 2.45) is 11.7 Å². The van der Waals surface area contributed by atoms with Gasteiger partial charge in [0.15, 0.2) is 0 Å². The summed E-state index contributed by atoms with van der Waals surface area (Å²) in [5.41, 5.74) is 5.64. The smallest absolute Gasteiger partial charge is 0.306 e. The topological polar surface area (TPSA) is 52.3 Å². The van der Waals surface area contributed by atoms with E-state index in [2.05, 4.69) is 6.92 Å². The van der Waals surface area contributed by atoms with Gasteiger partial charge in [0, 0.05) is 6.42 Å². The van der Waals surface area contributed by atoms with E-state index in [1.165, 1.54) is 6.42 Å². The van der Waals surface area contributed by atoms with E-state index < -0.39 is 0 Å². The third-order valence-electron chi connectivity index (χ3n) is 3.10. The Morgan fingerprint density at radius 3 is 2.93 bits per heavy atom. The maximum atomic E-state index is 11.4. The molecular formula is C12H23NO2. The standard InChI is InChI=1S/C12H23NO2/c1-2-3-7-12(14)15-11-6-4-5-10(8-11)9-13/h10-11H,2-9,13H2,1H3. The highest BCUT2D eigenvalue weighted by Gasteiger charge is 2.23. The molecule has 0 aliphatic heterocycles. The van der Waals surface area contributed by atoms with E-state index >= 15 is 0 Å². The second kappa shape index (κ2) is 6.83. The lowest BCUT2D eigenvalue weighted by Crippen LogP contribution is -2.29. The van der Waals surface area contributed by atoms with Crippen LogP contribution in [0.3, 0.4) is 0 Å². The molecule has 0 aromatic heterocycles. The largest absolute Gasteiger partial charge is 0.462 e. The van der Waals surface area contributed by atoms with Crippen molar-refractivity contribution in [1.82, 2.24) is 0 Å². The van der Waals surface area contributed by atoms with Gasteiger partial charge in [-0.2, -0.15) is 0 Å². The van der Waals surface area contributed by atoms with Gasteiger partial charge in [0.25, 0.3) is 0 Å². The van der Waals surface area contributed by atoms with Gasteiger partial charge in [0.05, 0.1) is 0 Å². The van der Waals surface area contributed by atoms with Gasteiger partial charge < -0.3 is 10.5 Å². The third kappa shape index (κ3) is 4.65. The molecule has 1 aliphatic rings. The van der Waals surface area contributed by atoms with Crippen LogP contribution in [0.4, 0.5) is 0 Å². The highest BCUT2D eigenvalue weighted by Crippen LogP contribution is 2.25. The zero-order valence-electron chi connectivity index (χ0n) is 9.71. The Balaban J connectivity index is 2.22. The number of hydrogen-bond donors (Lipinski definition) is 1. The average molecular weight is 213 g/mol. The van der Waals surface area contributed by atoms with Gasteiger partial charge in [-0.15, -0.1) is 0 Å². The molecule has 0 radical (unpaired) electrons. The van der Waals surface area contributed by atoms with Crippen LogP contribution in [0.1, 0.15) is 51.9 Å².